The summed E-state index contributed by atoms with van der Waals surface area (Å²) >= 11 is 0. The van der Waals surface area contributed by atoms with Gasteiger partial charge in [-0.05, 0) is 55.9 Å². The third kappa shape index (κ3) is 7.41. The van der Waals surface area contributed by atoms with E-state index < -0.39 is 27.8 Å². The zero-order valence-corrected chi connectivity index (χ0v) is 18.1. The molecule has 2 aliphatic rings. The molecule has 1 aliphatic carbocycles. The van der Waals surface area contributed by atoms with Gasteiger partial charge in [0.15, 0.2) is 11.6 Å². The van der Waals surface area contributed by atoms with E-state index in [1.165, 1.54) is 24.3 Å². The first-order valence-electron chi connectivity index (χ1n) is 10.3. The summed E-state index contributed by atoms with van der Waals surface area (Å²) in [5.74, 6) is -0.976. The highest BCUT2D eigenvalue weighted by molar-refractivity contribution is 7.92. The average molecular weight is 455 g/mol. The molecule has 0 aromatic heterocycles. The number of ether oxygens (including phenoxy) is 2. The first-order chi connectivity index (χ1) is 14.7. The molecule has 0 bridgehead atoms. The molecule has 2 fully saturated rings. The fourth-order valence-corrected chi connectivity index (χ4v) is 4.13. The quantitative estimate of drug-likeness (QED) is 0.392. The van der Waals surface area contributed by atoms with E-state index in [1.54, 1.807) is 6.92 Å². The van der Waals surface area contributed by atoms with Crippen molar-refractivity contribution in [2.24, 2.45) is 11.8 Å². The van der Waals surface area contributed by atoms with Gasteiger partial charge in [0.2, 0.25) is 21.8 Å². The Kier molecular flexibility index (Phi) is 7.79. The maximum atomic E-state index is 13.9. The molecule has 2 N–H and O–H groups in total. The lowest BCUT2D eigenvalue weighted by Crippen LogP contribution is -2.42. The van der Waals surface area contributed by atoms with Crippen LogP contribution in [0.15, 0.2) is 29.7 Å². The third-order valence-electron chi connectivity index (χ3n) is 5.13. The minimum atomic E-state index is -3.76. The van der Waals surface area contributed by atoms with Crippen LogP contribution in [0.1, 0.15) is 44.2 Å². The number of amides is 2. The second kappa shape index (κ2) is 10.3. The number of hydrogen-bond donors (Lipinski definition) is 2. The van der Waals surface area contributed by atoms with Crippen LogP contribution >= 0.6 is 0 Å². The molecule has 8 nitrogen and oxygen atoms in total. The number of nitrogens with one attached hydrogen (secondary N) is 2. The number of piperidine rings is 1. The topological polar surface area (TPSA) is 111 Å². The van der Waals surface area contributed by atoms with E-state index in [0.29, 0.717) is 24.5 Å². The standard InChI is InChI=1S/C21H27FN2O6S/c1-14(16-5-7-18(22)19(11-16)30-12-15-3-4-15)24-31(27,28)10-2-9-29-13-17-6-8-20(25)23-21(17)26/h2,5,7,10-11,14-15,17,24H,3-4,6,8-9,12-13H2,1H3,(H,23,25,26)/b10-2+. The SMILES string of the molecule is CC(NS(=O)(=O)/C=C/COCC1CCC(=O)NC1=O)c1ccc(F)c(OCC2CC2)c1. The molecule has 0 spiro atoms. The number of benzene rings is 1. The maximum absolute atomic E-state index is 13.9. The Bertz CT molecular complexity index is 945. The second-order valence-corrected chi connectivity index (χ2v) is 9.48. The Morgan fingerprint density at radius 1 is 1.26 bits per heavy atom. The van der Waals surface area contributed by atoms with Gasteiger partial charge in [-0.25, -0.2) is 17.5 Å². The average Bonchev–Trinajstić information content (AvgIpc) is 3.52. The first kappa shape index (κ1) is 23.4. The van der Waals surface area contributed by atoms with Crippen LogP contribution in [0, 0.1) is 17.7 Å². The Morgan fingerprint density at radius 3 is 2.74 bits per heavy atom. The molecule has 10 heteroatoms. The van der Waals surface area contributed by atoms with E-state index in [4.69, 9.17) is 9.47 Å². The Balaban J connectivity index is 1.46. The molecule has 31 heavy (non-hydrogen) atoms. The zero-order valence-electron chi connectivity index (χ0n) is 17.3. The lowest BCUT2D eigenvalue weighted by molar-refractivity contribution is -0.137. The van der Waals surface area contributed by atoms with Crippen molar-refractivity contribution in [3.05, 3.63) is 41.1 Å². The largest absolute Gasteiger partial charge is 0.490 e. The number of hydrogen-bond acceptors (Lipinski definition) is 6. The van der Waals surface area contributed by atoms with Gasteiger partial charge in [-0.3, -0.25) is 14.9 Å². The summed E-state index contributed by atoms with van der Waals surface area (Å²) in [4.78, 5) is 22.7. The van der Waals surface area contributed by atoms with Crippen LogP contribution in [-0.4, -0.2) is 40.1 Å². The van der Waals surface area contributed by atoms with Crippen molar-refractivity contribution in [1.29, 1.82) is 0 Å². The lowest BCUT2D eigenvalue weighted by Gasteiger charge is -2.20. The van der Waals surface area contributed by atoms with Crippen molar-refractivity contribution >= 4 is 21.8 Å². The molecule has 1 aliphatic heterocycles. The number of sulfonamides is 1. The van der Waals surface area contributed by atoms with Crippen LogP contribution in [0.25, 0.3) is 0 Å². The molecule has 3 rings (SSSR count). The van der Waals surface area contributed by atoms with E-state index in [2.05, 4.69) is 10.0 Å². The smallest absolute Gasteiger partial charge is 0.234 e. The highest BCUT2D eigenvalue weighted by Gasteiger charge is 2.26. The van der Waals surface area contributed by atoms with Crippen LogP contribution in [0.3, 0.4) is 0 Å². The van der Waals surface area contributed by atoms with E-state index in [0.717, 1.165) is 18.2 Å². The second-order valence-electron chi connectivity index (χ2n) is 7.89. The predicted octanol–water partition coefficient (Wildman–Crippen LogP) is 2.18. The molecule has 1 saturated carbocycles. The fourth-order valence-electron chi connectivity index (χ4n) is 3.09. The van der Waals surface area contributed by atoms with E-state index >= 15 is 0 Å². The number of carbonyl (C=O) groups is 2. The molecule has 1 saturated heterocycles. The number of rotatable bonds is 11. The summed E-state index contributed by atoms with van der Waals surface area (Å²) in [6.45, 7) is 2.22. The van der Waals surface area contributed by atoms with Crippen molar-refractivity contribution < 1.29 is 31.9 Å². The summed E-state index contributed by atoms with van der Waals surface area (Å²) in [6, 6.07) is 3.70. The maximum Gasteiger partial charge on any atom is 0.234 e. The van der Waals surface area contributed by atoms with Crippen molar-refractivity contribution in [2.45, 2.75) is 38.6 Å². The molecular weight excluding hydrogens is 427 g/mol. The van der Waals surface area contributed by atoms with Gasteiger partial charge in [0, 0.05) is 17.9 Å². The summed E-state index contributed by atoms with van der Waals surface area (Å²) < 4.78 is 51.8. The molecule has 2 amide bonds. The monoisotopic (exact) mass is 454 g/mol. The third-order valence-corrected chi connectivity index (χ3v) is 6.36. The Labute approximate surface area is 181 Å². The van der Waals surface area contributed by atoms with Gasteiger partial charge < -0.3 is 9.47 Å². The van der Waals surface area contributed by atoms with Gasteiger partial charge in [-0.1, -0.05) is 6.07 Å². The Morgan fingerprint density at radius 2 is 2.03 bits per heavy atom. The molecule has 2 atom stereocenters. The van der Waals surface area contributed by atoms with Crippen LogP contribution in [0.5, 0.6) is 5.75 Å². The molecule has 1 aromatic carbocycles. The van der Waals surface area contributed by atoms with E-state index in [9.17, 15) is 22.4 Å². The van der Waals surface area contributed by atoms with Crippen LogP contribution in [0.4, 0.5) is 4.39 Å². The van der Waals surface area contributed by atoms with Crippen LogP contribution in [-0.2, 0) is 24.3 Å². The van der Waals surface area contributed by atoms with Gasteiger partial charge in [-0.2, -0.15) is 0 Å². The number of imide groups is 1. The molecule has 0 radical (unpaired) electrons. The van der Waals surface area contributed by atoms with Crippen molar-refractivity contribution in [3.8, 4) is 5.75 Å². The van der Waals surface area contributed by atoms with Crippen molar-refractivity contribution in [3.63, 3.8) is 0 Å². The zero-order chi connectivity index (χ0) is 22.4. The normalized spacial score (nSPS) is 20.6. The molecule has 1 aromatic rings. The summed E-state index contributed by atoms with van der Waals surface area (Å²) in [7, 11) is -3.76. The number of carbonyl (C=O) groups excluding carboxylic acids is 2. The van der Waals surface area contributed by atoms with Crippen LogP contribution < -0.4 is 14.8 Å². The minimum Gasteiger partial charge on any atom is -0.490 e. The number of halogens is 1. The van der Waals surface area contributed by atoms with Gasteiger partial charge >= 0.3 is 0 Å². The van der Waals surface area contributed by atoms with Crippen LogP contribution in [0.2, 0.25) is 0 Å². The highest BCUT2D eigenvalue weighted by atomic mass is 32.2. The van der Waals surface area contributed by atoms with E-state index in [1.807, 2.05) is 0 Å². The van der Waals surface area contributed by atoms with Gasteiger partial charge in [0.25, 0.3) is 0 Å². The molecule has 170 valence electrons. The molecular formula is C21H27FN2O6S. The summed E-state index contributed by atoms with van der Waals surface area (Å²) in [5.41, 5.74) is 0.582. The summed E-state index contributed by atoms with van der Waals surface area (Å²) in [5, 5.41) is 3.23. The minimum absolute atomic E-state index is 0.00270. The van der Waals surface area contributed by atoms with Gasteiger partial charge in [0.1, 0.15) is 0 Å². The molecule has 1 heterocycles. The lowest BCUT2D eigenvalue weighted by atomic mass is 9.99. The van der Waals surface area contributed by atoms with E-state index in [-0.39, 0.29) is 37.2 Å². The van der Waals surface area contributed by atoms with Gasteiger partial charge in [0.05, 0.1) is 25.7 Å². The summed E-state index contributed by atoms with van der Waals surface area (Å²) in [6.07, 6.45) is 4.18. The van der Waals surface area contributed by atoms with Crippen molar-refractivity contribution in [2.75, 3.05) is 19.8 Å². The first-order valence-corrected chi connectivity index (χ1v) is 11.8. The van der Waals surface area contributed by atoms with Gasteiger partial charge in [-0.15, -0.1) is 0 Å². The molecule has 2 unspecified atom stereocenters. The highest BCUT2D eigenvalue weighted by Crippen LogP contribution is 2.31. The van der Waals surface area contributed by atoms with Crippen molar-refractivity contribution in [1.82, 2.24) is 10.0 Å². The Hall–Kier alpha value is -2.30. The fraction of sp³-hybridized carbons (Fsp3) is 0.524. The predicted molar refractivity (Wildman–Crippen MR) is 111 cm³/mol.